The average molecular weight is 558 g/mol. The summed E-state index contributed by atoms with van der Waals surface area (Å²) in [5, 5.41) is 2.22. The van der Waals surface area contributed by atoms with Gasteiger partial charge in [0.1, 0.15) is 12.4 Å². The zero-order valence-electron chi connectivity index (χ0n) is 21.5. The summed E-state index contributed by atoms with van der Waals surface area (Å²) < 4.78 is 76.9. The van der Waals surface area contributed by atoms with Crippen molar-refractivity contribution in [2.45, 2.75) is 56.2 Å². The number of amides is 1. The maximum Gasteiger partial charge on any atom is 0.427 e. The Balaban J connectivity index is 0.00000119. The molecule has 0 radical (unpaired) electrons. The number of hydrogen-bond donors (Lipinski definition) is 1. The highest BCUT2D eigenvalue weighted by Crippen LogP contribution is 2.41. The van der Waals surface area contributed by atoms with Crippen LogP contribution in [0.15, 0.2) is 67.2 Å². The monoisotopic (exact) mass is 557 g/mol. The third kappa shape index (κ3) is 7.27. The topological polar surface area (TPSA) is 97.8 Å². The van der Waals surface area contributed by atoms with E-state index in [1.165, 1.54) is 30.5 Å². The number of halogens is 3. The Hall–Kier alpha value is -3.54. The van der Waals surface area contributed by atoms with Crippen molar-refractivity contribution in [2.75, 3.05) is 22.8 Å². The molecule has 1 saturated carbocycles. The lowest BCUT2D eigenvalue weighted by atomic mass is 10.1. The van der Waals surface area contributed by atoms with Gasteiger partial charge in [-0.15, -0.1) is 19.7 Å². The van der Waals surface area contributed by atoms with Gasteiger partial charge in [0.05, 0.1) is 17.1 Å². The number of aromatic nitrogens is 1. The number of allylic oxidation sites excluding steroid dienone is 1. The van der Waals surface area contributed by atoms with Crippen LogP contribution in [0.4, 0.5) is 29.3 Å². The number of fused-ring (bicyclic) bond motifs is 1. The lowest BCUT2D eigenvalue weighted by Gasteiger charge is -2.31. The third-order valence-electron chi connectivity index (χ3n) is 5.39. The van der Waals surface area contributed by atoms with E-state index in [-0.39, 0.29) is 42.5 Å². The number of anilines is 2. The normalized spacial score (nSPS) is 14.8. The highest BCUT2D eigenvalue weighted by Gasteiger charge is 2.51. The number of nitrogens with zero attached hydrogens (tertiary/aromatic N) is 2. The lowest BCUT2D eigenvalue weighted by molar-refractivity contribution is -0.242. The number of ether oxygens (including phenoxy) is 2. The van der Waals surface area contributed by atoms with E-state index in [9.17, 15) is 26.4 Å². The first kappa shape index (κ1) is 30.7. The van der Waals surface area contributed by atoms with Crippen LogP contribution in [0.2, 0.25) is 0 Å². The van der Waals surface area contributed by atoms with Crippen LogP contribution in [-0.2, 0) is 14.8 Å². The van der Waals surface area contributed by atoms with Gasteiger partial charge in [-0.05, 0) is 63.9 Å². The molecule has 0 spiro atoms. The number of pyridine rings is 1. The fourth-order valence-corrected chi connectivity index (χ4v) is 4.75. The zero-order valence-corrected chi connectivity index (χ0v) is 22.4. The summed E-state index contributed by atoms with van der Waals surface area (Å²) in [4.78, 5) is 16.4. The van der Waals surface area contributed by atoms with Crippen molar-refractivity contribution in [1.82, 2.24) is 4.98 Å². The molecule has 8 nitrogen and oxygen atoms in total. The van der Waals surface area contributed by atoms with Gasteiger partial charge < -0.3 is 9.47 Å². The summed E-state index contributed by atoms with van der Waals surface area (Å²) in [7, 11) is -3.98. The quantitative estimate of drug-likeness (QED) is 0.412. The molecular weight excluding hydrogens is 523 g/mol. The van der Waals surface area contributed by atoms with Crippen LogP contribution < -0.4 is 14.4 Å². The molecule has 0 bridgehead atoms. The Labute approximate surface area is 222 Å². The fourth-order valence-electron chi connectivity index (χ4n) is 3.27. The van der Waals surface area contributed by atoms with E-state index < -0.39 is 27.9 Å². The standard InChI is InChI=1S/C21H22F3N3O5S.C3H6.C2H4.H2/c1-20(2,21(22,23)24)32-19(28)26-14-5-6-18-17(11-14)27(9-10-31-18)33(29,30)15-7-8-25-16(12-15)13-3-4-13;1-3-2;1-2;/h5-8,11-13H,3-4,9-10H2,1-2H3,(H,26,28);3H,1H2,2H3;1-2H2;1H. The summed E-state index contributed by atoms with van der Waals surface area (Å²) in [6.07, 6.45) is -0.951. The Kier molecular flexibility index (Phi) is 9.96. The number of sulfonamides is 1. The van der Waals surface area contributed by atoms with Gasteiger partial charge >= 0.3 is 12.3 Å². The molecule has 38 heavy (non-hydrogen) atoms. The van der Waals surface area contributed by atoms with Crippen molar-refractivity contribution in [3.8, 4) is 5.75 Å². The maximum atomic E-state index is 13.4. The van der Waals surface area contributed by atoms with Gasteiger partial charge in [-0.1, -0.05) is 6.08 Å². The molecule has 1 fully saturated rings. The maximum absolute atomic E-state index is 13.4. The van der Waals surface area contributed by atoms with Gasteiger partial charge in [0, 0.05) is 24.9 Å². The van der Waals surface area contributed by atoms with Gasteiger partial charge in [-0.3, -0.25) is 14.6 Å². The summed E-state index contributed by atoms with van der Waals surface area (Å²) in [5.74, 6) is 0.524. The number of nitrogens with one attached hydrogen (secondary N) is 1. The number of rotatable bonds is 5. The molecule has 1 aromatic heterocycles. The Morgan fingerprint density at radius 3 is 2.45 bits per heavy atom. The molecule has 1 aromatic carbocycles. The molecule has 210 valence electrons. The molecule has 1 amide bonds. The molecular formula is C26H34F3N3O5S. The molecule has 0 atom stereocenters. The minimum Gasteiger partial charge on any atom is -0.489 e. The molecule has 2 aromatic rings. The van der Waals surface area contributed by atoms with Gasteiger partial charge in [-0.2, -0.15) is 13.2 Å². The van der Waals surface area contributed by atoms with Crippen LogP contribution in [0.3, 0.4) is 0 Å². The molecule has 1 aliphatic carbocycles. The molecule has 12 heteroatoms. The van der Waals surface area contributed by atoms with Crippen LogP contribution in [0, 0.1) is 0 Å². The summed E-state index contributed by atoms with van der Waals surface area (Å²) in [5.41, 5.74) is -1.78. The van der Waals surface area contributed by atoms with E-state index >= 15 is 0 Å². The van der Waals surface area contributed by atoms with Crippen LogP contribution in [0.25, 0.3) is 0 Å². The number of alkyl halides is 3. The highest BCUT2D eigenvalue weighted by molar-refractivity contribution is 7.92. The molecule has 0 saturated heterocycles. The molecule has 2 heterocycles. The summed E-state index contributed by atoms with van der Waals surface area (Å²) in [6.45, 7) is 12.8. The van der Waals surface area contributed by atoms with E-state index in [0.717, 1.165) is 36.7 Å². The van der Waals surface area contributed by atoms with Crippen molar-refractivity contribution in [3.05, 3.63) is 68.0 Å². The van der Waals surface area contributed by atoms with Crippen molar-refractivity contribution in [3.63, 3.8) is 0 Å². The summed E-state index contributed by atoms with van der Waals surface area (Å²) in [6, 6.07) is 7.10. The Morgan fingerprint density at radius 1 is 1.24 bits per heavy atom. The van der Waals surface area contributed by atoms with E-state index in [0.29, 0.717) is 0 Å². The predicted octanol–water partition coefficient (Wildman–Crippen LogP) is 6.68. The smallest absolute Gasteiger partial charge is 0.427 e. The number of carbonyl (C=O) groups excluding carboxylic acids is 1. The van der Waals surface area contributed by atoms with E-state index in [2.05, 4.69) is 34.8 Å². The van der Waals surface area contributed by atoms with Crippen LogP contribution in [0.5, 0.6) is 5.75 Å². The third-order valence-corrected chi connectivity index (χ3v) is 7.20. The zero-order chi connectivity index (χ0) is 28.7. The minimum atomic E-state index is -4.76. The number of hydrogen-bond acceptors (Lipinski definition) is 6. The second-order valence-corrected chi connectivity index (χ2v) is 10.6. The van der Waals surface area contributed by atoms with Crippen molar-refractivity contribution >= 4 is 27.5 Å². The first-order valence-corrected chi connectivity index (χ1v) is 13.1. The highest BCUT2D eigenvalue weighted by atomic mass is 32.2. The second-order valence-electron chi connectivity index (χ2n) is 8.73. The van der Waals surface area contributed by atoms with Gasteiger partial charge in [-0.25, -0.2) is 13.2 Å². The van der Waals surface area contributed by atoms with Crippen molar-refractivity contribution in [1.29, 1.82) is 0 Å². The molecule has 4 rings (SSSR count). The first-order chi connectivity index (χ1) is 17.8. The van der Waals surface area contributed by atoms with E-state index in [1.807, 2.05) is 6.92 Å². The van der Waals surface area contributed by atoms with E-state index in [1.54, 1.807) is 12.1 Å². The van der Waals surface area contributed by atoms with Crippen LogP contribution in [0.1, 0.15) is 46.7 Å². The molecule has 2 aliphatic rings. The Bertz CT molecular complexity index is 1250. The van der Waals surface area contributed by atoms with E-state index in [4.69, 9.17) is 4.74 Å². The van der Waals surface area contributed by atoms with Gasteiger partial charge in [0.25, 0.3) is 10.0 Å². The Morgan fingerprint density at radius 2 is 1.87 bits per heavy atom. The van der Waals surface area contributed by atoms with Crippen LogP contribution in [-0.4, -0.2) is 44.4 Å². The molecule has 1 N–H and O–H groups in total. The SMILES string of the molecule is C=C.C=CC.CC(C)(OC(=O)Nc1ccc2c(c1)N(S(=O)(=O)c1ccnc(C3CC3)c1)CCO2)C(F)(F)F.[HH]. The average Bonchev–Trinajstić information content (AvgIpc) is 3.70. The largest absolute Gasteiger partial charge is 0.489 e. The second kappa shape index (κ2) is 12.3. The van der Waals surface area contributed by atoms with Crippen molar-refractivity contribution < 1.29 is 37.3 Å². The summed E-state index contributed by atoms with van der Waals surface area (Å²) >= 11 is 0. The lowest BCUT2D eigenvalue weighted by Crippen LogP contribution is -2.44. The number of benzene rings is 1. The predicted molar refractivity (Wildman–Crippen MR) is 142 cm³/mol. The van der Waals surface area contributed by atoms with Gasteiger partial charge in [0.15, 0.2) is 0 Å². The van der Waals surface area contributed by atoms with Crippen LogP contribution >= 0.6 is 0 Å². The van der Waals surface area contributed by atoms with Crippen molar-refractivity contribution in [2.24, 2.45) is 0 Å². The fraction of sp³-hybridized carbons (Fsp3) is 0.385. The first-order valence-electron chi connectivity index (χ1n) is 11.7. The minimum absolute atomic E-state index is 0. The molecule has 1 aliphatic heterocycles. The van der Waals surface area contributed by atoms with Gasteiger partial charge in [0.2, 0.25) is 5.60 Å². The number of carbonyl (C=O) groups is 1. The molecule has 0 unspecified atom stereocenters.